The fraction of sp³-hybridized carbons (Fsp3) is 0.407. The number of aromatic nitrogens is 1. The minimum atomic E-state index is -0.0831. The van der Waals surface area contributed by atoms with Gasteiger partial charge in [-0.3, -0.25) is 9.59 Å². The second kappa shape index (κ2) is 11.1. The van der Waals surface area contributed by atoms with Crippen molar-refractivity contribution in [2.24, 2.45) is 5.92 Å². The van der Waals surface area contributed by atoms with Crippen LogP contribution in [0.15, 0.2) is 54.7 Å². The highest BCUT2D eigenvalue weighted by Crippen LogP contribution is 2.26. The first-order valence-corrected chi connectivity index (χ1v) is 12.0. The Morgan fingerprint density at radius 2 is 1.70 bits per heavy atom. The first-order chi connectivity index (χ1) is 16.1. The number of amides is 2. The monoisotopic (exact) mass is 446 g/mol. The fourth-order valence-electron chi connectivity index (χ4n) is 4.65. The molecule has 0 bridgehead atoms. The van der Waals surface area contributed by atoms with Gasteiger partial charge in [-0.05, 0) is 66.1 Å². The average molecular weight is 447 g/mol. The van der Waals surface area contributed by atoms with Gasteiger partial charge in [-0.15, -0.1) is 0 Å². The largest absolute Gasteiger partial charge is 0.353 e. The van der Waals surface area contributed by atoms with Crippen LogP contribution in [0, 0.1) is 5.92 Å². The molecule has 0 spiro atoms. The van der Waals surface area contributed by atoms with Gasteiger partial charge in [-0.25, -0.2) is 0 Å². The number of nitrogens with zero attached hydrogens (tertiary/aromatic N) is 1. The van der Waals surface area contributed by atoms with Crippen molar-refractivity contribution < 1.29 is 9.59 Å². The van der Waals surface area contributed by atoms with E-state index in [1.165, 1.54) is 39.0 Å². The molecule has 1 saturated carbocycles. The highest BCUT2D eigenvalue weighted by atomic mass is 16.2. The highest BCUT2D eigenvalue weighted by molar-refractivity contribution is 5.90. The predicted molar refractivity (Wildman–Crippen MR) is 134 cm³/mol. The molecule has 1 heterocycles. The summed E-state index contributed by atoms with van der Waals surface area (Å²) in [4.78, 5) is 23.7. The molecule has 1 fully saturated rings. The van der Waals surface area contributed by atoms with E-state index in [-0.39, 0.29) is 11.8 Å². The van der Waals surface area contributed by atoms with Gasteiger partial charge in [-0.2, -0.15) is 0 Å². The maximum absolute atomic E-state index is 12.5. The van der Waals surface area contributed by atoms with Gasteiger partial charge in [0.05, 0.1) is 0 Å². The minimum absolute atomic E-state index is 0.0250. The molecule has 0 atom stereocenters. The Morgan fingerprint density at radius 3 is 2.45 bits per heavy atom. The third-order valence-corrected chi connectivity index (χ3v) is 6.41. The summed E-state index contributed by atoms with van der Waals surface area (Å²) in [6.45, 7) is 4.33. The quantitative estimate of drug-likeness (QED) is 0.422. The van der Waals surface area contributed by atoms with Crippen LogP contribution in [-0.2, 0) is 16.1 Å². The van der Waals surface area contributed by atoms with Crippen molar-refractivity contribution in [3.63, 3.8) is 0 Å². The van der Waals surface area contributed by atoms with Crippen LogP contribution < -0.4 is 16.0 Å². The summed E-state index contributed by atoms with van der Waals surface area (Å²) in [5.74, 6) is 0.744. The van der Waals surface area contributed by atoms with Gasteiger partial charge in [0.15, 0.2) is 0 Å². The van der Waals surface area contributed by atoms with Crippen molar-refractivity contribution in [3.05, 3.63) is 54.7 Å². The zero-order chi connectivity index (χ0) is 23.0. The van der Waals surface area contributed by atoms with Crippen molar-refractivity contribution in [1.29, 1.82) is 0 Å². The zero-order valence-corrected chi connectivity index (χ0v) is 19.4. The van der Waals surface area contributed by atoms with Gasteiger partial charge < -0.3 is 20.5 Å². The van der Waals surface area contributed by atoms with Crippen LogP contribution in [0.5, 0.6) is 0 Å². The van der Waals surface area contributed by atoms with E-state index in [0.29, 0.717) is 13.1 Å². The lowest BCUT2D eigenvalue weighted by Crippen LogP contribution is -2.35. The Bertz CT molecular complexity index is 1080. The Morgan fingerprint density at radius 1 is 0.939 bits per heavy atom. The second-order valence-corrected chi connectivity index (χ2v) is 9.03. The molecule has 3 N–H and O–H groups in total. The topological polar surface area (TPSA) is 75.2 Å². The van der Waals surface area contributed by atoms with E-state index < -0.39 is 0 Å². The number of nitrogens with one attached hydrogen (secondary N) is 3. The van der Waals surface area contributed by atoms with Gasteiger partial charge in [0.2, 0.25) is 11.8 Å². The number of carbonyl (C=O) groups is 2. The van der Waals surface area contributed by atoms with E-state index in [1.807, 2.05) is 41.1 Å². The van der Waals surface area contributed by atoms with E-state index in [1.54, 1.807) is 0 Å². The molecule has 2 aromatic carbocycles. The molecule has 0 unspecified atom stereocenters. The van der Waals surface area contributed by atoms with E-state index in [0.717, 1.165) is 46.7 Å². The van der Waals surface area contributed by atoms with Crippen LogP contribution >= 0.6 is 0 Å². The van der Waals surface area contributed by atoms with Crippen molar-refractivity contribution in [2.75, 3.05) is 25.0 Å². The lowest BCUT2D eigenvalue weighted by Gasteiger charge is -2.21. The Balaban J connectivity index is 1.31. The fourth-order valence-corrected chi connectivity index (χ4v) is 4.65. The van der Waals surface area contributed by atoms with Gasteiger partial charge >= 0.3 is 0 Å². The van der Waals surface area contributed by atoms with Crippen molar-refractivity contribution >= 4 is 28.4 Å². The molecule has 174 valence electrons. The highest BCUT2D eigenvalue weighted by Gasteiger charge is 2.12. The second-order valence-electron chi connectivity index (χ2n) is 9.03. The van der Waals surface area contributed by atoms with Crippen LogP contribution in [0.4, 0.5) is 5.69 Å². The SMILES string of the molecule is CC(=O)Nc1ccc(-c2ccc3ccn(CC(=O)NCCNCC4CCCCC4)c3c2)cc1. The van der Waals surface area contributed by atoms with Gasteiger partial charge in [0.25, 0.3) is 0 Å². The molecule has 0 aliphatic heterocycles. The molecule has 1 aromatic heterocycles. The van der Waals surface area contributed by atoms with Crippen LogP contribution in [0.3, 0.4) is 0 Å². The van der Waals surface area contributed by atoms with Crippen LogP contribution in [0.25, 0.3) is 22.0 Å². The number of rotatable bonds is 9. The van der Waals surface area contributed by atoms with Crippen LogP contribution in [0.1, 0.15) is 39.0 Å². The molecular formula is C27H34N4O2. The van der Waals surface area contributed by atoms with Crippen LogP contribution in [-0.4, -0.2) is 36.0 Å². The first kappa shape index (κ1) is 23.1. The van der Waals surface area contributed by atoms with Gasteiger partial charge in [-0.1, -0.05) is 43.5 Å². The molecule has 3 aromatic rings. The molecule has 33 heavy (non-hydrogen) atoms. The molecule has 4 rings (SSSR count). The molecular weight excluding hydrogens is 412 g/mol. The van der Waals surface area contributed by atoms with Crippen molar-refractivity contribution in [2.45, 2.75) is 45.6 Å². The minimum Gasteiger partial charge on any atom is -0.353 e. The summed E-state index contributed by atoms with van der Waals surface area (Å²) in [6.07, 6.45) is 8.74. The number of anilines is 1. The maximum atomic E-state index is 12.5. The molecule has 0 radical (unpaired) electrons. The third-order valence-electron chi connectivity index (χ3n) is 6.41. The smallest absolute Gasteiger partial charge is 0.239 e. The summed E-state index contributed by atoms with van der Waals surface area (Å²) in [6, 6.07) is 16.1. The molecule has 1 aliphatic carbocycles. The zero-order valence-electron chi connectivity index (χ0n) is 19.4. The Labute approximate surface area is 195 Å². The Hall–Kier alpha value is -3.12. The number of hydrogen-bond acceptors (Lipinski definition) is 3. The lowest BCUT2D eigenvalue weighted by atomic mass is 9.89. The number of fused-ring (bicyclic) bond motifs is 1. The molecule has 6 heteroatoms. The van der Waals surface area contributed by atoms with Crippen molar-refractivity contribution in [3.8, 4) is 11.1 Å². The van der Waals surface area contributed by atoms with Gasteiger partial charge in [0, 0.05) is 37.4 Å². The van der Waals surface area contributed by atoms with Crippen molar-refractivity contribution in [1.82, 2.24) is 15.2 Å². The molecule has 0 saturated heterocycles. The van der Waals surface area contributed by atoms with E-state index in [2.05, 4.69) is 34.1 Å². The third kappa shape index (κ3) is 6.45. The summed E-state index contributed by atoms with van der Waals surface area (Å²) >= 11 is 0. The van der Waals surface area contributed by atoms with Gasteiger partial charge in [0.1, 0.15) is 6.54 Å². The van der Waals surface area contributed by atoms with E-state index in [9.17, 15) is 9.59 Å². The summed E-state index contributed by atoms with van der Waals surface area (Å²) in [5, 5.41) is 10.4. The van der Waals surface area contributed by atoms with E-state index >= 15 is 0 Å². The standard InChI is InChI=1S/C27H34N4O2/c1-20(32)30-25-11-9-22(10-12-25)24-8-7-23-13-16-31(26(23)17-24)19-27(33)29-15-14-28-18-21-5-3-2-4-6-21/h7-13,16-17,21,28H,2-6,14-15,18-19H2,1H3,(H,29,33)(H,30,32). The number of carbonyl (C=O) groups excluding carboxylic acids is 2. The molecule has 6 nitrogen and oxygen atoms in total. The first-order valence-electron chi connectivity index (χ1n) is 12.0. The summed E-state index contributed by atoms with van der Waals surface area (Å²) in [7, 11) is 0. The number of benzene rings is 2. The average Bonchev–Trinajstić information content (AvgIpc) is 3.21. The molecule has 1 aliphatic rings. The normalized spacial score (nSPS) is 14.3. The summed E-state index contributed by atoms with van der Waals surface area (Å²) in [5.41, 5.74) is 3.95. The maximum Gasteiger partial charge on any atom is 0.239 e. The lowest BCUT2D eigenvalue weighted by molar-refractivity contribution is -0.121. The summed E-state index contributed by atoms with van der Waals surface area (Å²) < 4.78 is 2.00. The van der Waals surface area contributed by atoms with Crippen LogP contribution in [0.2, 0.25) is 0 Å². The number of hydrogen-bond donors (Lipinski definition) is 3. The van der Waals surface area contributed by atoms with E-state index in [4.69, 9.17) is 0 Å². The predicted octanol–water partition coefficient (Wildman–Crippen LogP) is 4.55. The molecule has 2 amide bonds. The Kier molecular flexibility index (Phi) is 7.79.